The highest BCUT2D eigenvalue weighted by Gasteiger charge is 2.27. The van der Waals surface area contributed by atoms with Gasteiger partial charge in [-0.1, -0.05) is 54.1 Å². The van der Waals surface area contributed by atoms with Crippen LogP contribution in [-0.4, -0.2) is 24.4 Å². The van der Waals surface area contributed by atoms with Crippen LogP contribution in [0.25, 0.3) is 0 Å². The molecule has 1 atom stereocenters. The number of halogens is 1. The molecule has 6 nitrogen and oxygen atoms in total. The summed E-state index contributed by atoms with van der Waals surface area (Å²) in [6.45, 7) is 5.40. The Morgan fingerprint density at radius 3 is 2.34 bits per heavy atom. The average Bonchev–Trinajstić information content (AvgIpc) is 3.10. The summed E-state index contributed by atoms with van der Waals surface area (Å²) < 4.78 is 5.16. The van der Waals surface area contributed by atoms with Gasteiger partial charge < -0.3 is 15.4 Å². The molecule has 0 aliphatic rings. The number of carbonyl (C=O) groups excluding carboxylic acids is 3. The molecule has 32 heavy (non-hydrogen) atoms. The fourth-order valence-electron chi connectivity index (χ4n) is 3.17. The molecular formula is C24H23ClN2O4S. The number of thiophene rings is 1. The summed E-state index contributed by atoms with van der Waals surface area (Å²) in [7, 11) is 0. The molecule has 1 unspecified atom stereocenters. The van der Waals surface area contributed by atoms with Gasteiger partial charge in [0.1, 0.15) is 5.00 Å². The number of nitrogens with one attached hydrogen (secondary N) is 2. The topological polar surface area (TPSA) is 84.5 Å². The molecule has 0 spiro atoms. The zero-order valence-corrected chi connectivity index (χ0v) is 19.5. The SMILES string of the molecule is CCOC(=O)c1c(NC(=O)c2ccccc2Cl)sc(C(=O)NC(C)c2ccccc2)c1C. The molecule has 8 heteroatoms. The number of hydrogen-bond acceptors (Lipinski definition) is 5. The highest BCUT2D eigenvalue weighted by molar-refractivity contribution is 7.18. The Hall–Kier alpha value is -3.16. The number of anilines is 1. The number of benzene rings is 2. The van der Waals surface area contributed by atoms with Crippen LogP contribution in [0.3, 0.4) is 0 Å². The van der Waals surface area contributed by atoms with Crippen LogP contribution in [0, 0.1) is 6.92 Å². The van der Waals surface area contributed by atoms with Crippen molar-refractivity contribution in [1.82, 2.24) is 5.32 Å². The number of ether oxygens (including phenoxy) is 1. The number of amides is 2. The van der Waals surface area contributed by atoms with Gasteiger partial charge in [0.15, 0.2) is 0 Å². The Kier molecular flexibility index (Phi) is 7.66. The van der Waals surface area contributed by atoms with Gasteiger partial charge in [-0.2, -0.15) is 0 Å². The third kappa shape index (κ3) is 5.18. The Bertz CT molecular complexity index is 1140. The minimum absolute atomic E-state index is 0.162. The molecule has 0 saturated heterocycles. The zero-order valence-electron chi connectivity index (χ0n) is 17.9. The van der Waals surface area contributed by atoms with Crippen LogP contribution < -0.4 is 10.6 Å². The lowest BCUT2D eigenvalue weighted by Crippen LogP contribution is -2.26. The quantitative estimate of drug-likeness (QED) is 0.438. The van der Waals surface area contributed by atoms with E-state index in [-0.39, 0.29) is 39.7 Å². The van der Waals surface area contributed by atoms with Crippen molar-refractivity contribution < 1.29 is 19.1 Å². The molecule has 0 fully saturated rings. The van der Waals surface area contributed by atoms with E-state index in [1.807, 2.05) is 37.3 Å². The molecule has 1 aromatic heterocycles. The summed E-state index contributed by atoms with van der Waals surface area (Å²) in [5.74, 6) is -1.43. The monoisotopic (exact) mass is 470 g/mol. The van der Waals surface area contributed by atoms with Crippen molar-refractivity contribution in [2.24, 2.45) is 0 Å². The number of carbonyl (C=O) groups is 3. The predicted molar refractivity (Wildman–Crippen MR) is 127 cm³/mol. The van der Waals surface area contributed by atoms with E-state index in [1.165, 1.54) is 0 Å². The van der Waals surface area contributed by atoms with Crippen molar-refractivity contribution in [2.45, 2.75) is 26.8 Å². The van der Waals surface area contributed by atoms with Crippen molar-refractivity contribution in [2.75, 3.05) is 11.9 Å². The largest absolute Gasteiger partial charge is 0.462 e. The Balaban J connectivity index is 1.92. The van der Waals surface area contributed by atoms with E-state index in [4.69, 9.17) is 16.3 Å². The maximum atomic E-state index is 13.0. The molecule has 2 N–H and O–H groups in total. The number of hydrogen-bond donors (Lipinski definition) is 2. The molecule has 0 aliphatic carbocycles. The molecule has 166 valence electrons. The van der Waals surface area contributed by atoms with Crippen molar-refractivity contribution >= 4 is 45.7 Å². The number of esters is 1. The summed E-state index contributed by atoms with van der Waals surface area (Å²) in [5, 5.41) is 6.19. The van der Waals surface area contributed by atoms with Crippen LogP contribution in [0.4, 0.5) is 5.00 Å². The van der Waals surface area contributed by atoms with Crippen LogP contribution in [-0.2, 0) is 4.74 Å². The van der Waals surface area contributed by atoms with Gasteiger partial charge >= 0.3 is 5.97 Å². The zero-order chi connectivity index (χ0) is 23.3. The van der Waals surface area contributed by atoms with E-state index in [0.717, 1.165) is 16.9 Å². The predicted octanol–water partition coefficient (Wildman–Crippen LogP) is 5.63. The molecule has 1 heterocycles. The molecule has 0 saturated carbocycles. The summed E-state index contributed by atoms with van der Waals surface area (Å²) in [4.78, 5) is 38.7. The van der Waals surface area contributed by atoms with E-state index in [1.54, 1.807) is 38.1 Å². The second-order valence-electron chi connectivity index (χ2n) is 7.02. The molecule has 3 aromatic rings. The fourth-order valence-corrected chi connectivity index (χ4v) is 4.48. The normalized spacial score (nSPS) is 11.5. The minimum atomic E-state index is -0.606. The van der Waals surface area contributed by atoms with Crippen LogP contribution in [0.5, 0.6) is 0 Å². The number of rotatable bonds is 7. The van der Waals surface area contributed by atoms with E-state index >= 15 is 0 Å². The molecule has 0 bridgehead atoms. The minimum Gasteiger partial charge on any atom is -0.462 e. The average molecular weight is 471 g/mol. The van der Waals surface area contributed by atoms with Crippen molar-refractivity contribution in [1.29, 1.82) is 0 Å². The maximum absolute atomic E-state index is 13.0. The van der Waals surface area contributed by atoms with E-state index in [0.29, 0.717) is 10.4 Å². The van der Waals surface area contributed by atoms with Crippen molar-refractivity contribution in [3.63, 3.8) is 0 Å². The standard InChI is InChI=1S/C24H23ClN2O4S/c1-4-31-24(30)19-14(2)20(22(29)26-15(3)16-10-6-5-7-11-16)32-23(19)27-21(28)17-12-8-9-13-18(17)25/h5-13,15H,4H2,1-3H3,(H,26,29)(H,27,28). The first kappa shape index (κ1) is 23.5. The third-order valence-electron chi connectivity index (χ3n) is 4.83. The lowest BCUT2D eigenvalue weighted by molar-refractivity contribution is 0.0527. The van der Waals surface area contributed by atoms with Gasteiger partial charge in [-0.15, -0.1) is 11.3 Å². The molecule has 2 amide bonds. The Morgan fingerprint density at radius 1 is 1.03 bits per heavy atom. The van der Waals surface area contributed by atoms with Gasteiger partial charge in [0.25, 0.3) is 11.8 Å². The molecular weight excluding hydrogens is 448 g/mol. The lowest BCUT2D eigenvalue weighted by atomic mass is 10.1. The van der Waals surface area contributed by atoms with E-state index in [9.17, 15) is 14.4 Å². The van der Waals surface area contributed by atoms with Gasteiger partial charge in [0, 0.05) is 0 Å². The molecule has 3 rings (SSSR count). The van der Waals surface area contributed by atoms with Gasteiger partial charge in [0.2, 0.25) is 0 Å². The summed E-state index contributed by atoms with van der Waals surface area (Å²) >= 11 is 7.15. The van der Waals surface area contributed by atoms with Crippen LogP contribution in [0.15, 0.2) is 54.6 Å². The second kappa shape index (κ2) is 10.4. The summed E-state index contributed by atoms with van der Waals surface area (Å²) in [6, 6.07) is 15.9. The summed E-state index contributed by atoms with van der Waals surface area (Å²) in [5.41, 5.74) is 1.82. The summed E-state index contributed by atoms with van der Waals surface area (Å²) in [6.07, 6.45) is 0. The van der Waals surface area contributed by atoms with Crippen LogP contribution >= 0.6 is 22.9 Å². The smallest absolute Gasteiger partial charge is 0.341 e. The molecule has 2 aromatic carbocycles. The second-order valence-corrected chi connectivity index (χ2v) is 8.45. The highest BCUT2D eigenvalue weighted by atomic mass is 35.5. The van der Waals surface area contributed by atoms with Crippen molar-refractivity contribution in [3.05, 3.63) is 86.8 Å². The van der Waals surface area contributed by atoms with E-state index < -0.39 is 11.9 Å². The van der Waals surface area contributed by atoms with Crippen LogP contribution in [0.1, 0.15) is 61.4 Å². The highest BCUT2D eigenvalue weighted by Crippen LogP contribution is 2.35. The Morgan fingerprint density at radius 2 is 1.69 bits per heavy atom. The van der Waals surface area contributed by atoms with Gasteiger partial charge in [0.05, 0.1) is 33.7 Å². The molecule has 0 radical (unpaired) electrons. The first-order chi connectivity index (χ1) is 15.3. The van der Waals surface area contributed by atoms with Gasteiger partial charge in [-0.25, -0.2) is 4.79 Å². The first-order valence-corrected chi connectivity index (χ1v) is 11.2. The van der Waals surface area contributed by atoms with E-state index in [2.05, 4.69) is 10.6 Å². The molecule has 0 aliphatic heterocycles. The Labute approximate surface area is 195 Å². The van der Waals surface area contributed by atoms with Crippen LogP contribution in [0.2, 0.25) is 5.02 Å². The maximum Gasteiger partial charge on any atom is 0.341 e. The van der Waals surface area contributed by atoms with Crippen molar-refractivity contribution in [3.8, 4) is 0 Å². The van der Waals surface area contributed by atoms with Gasteiger partial charge in [-0.3, -0.25) is 9.59 Å². The van der Waals surface area contributed by atoms with Gasteiger partial charge in [-0.05, 0) is 44.0 Å². The first-order valence-electron chi connectivity index (χ1n) is 10.1. The third-order valence-corrected chi connectivity index (χ3v) is 6.36. The lowest BCUT2D eigenvalue weighted by Gasteiger charge is -2.14. The fraction of sp³-hybridized carbons (Fsp3) is 0.208.